The molecule has 0 spiro atoms. The summed E-state index contributed by atoms with van der Waals surface area (Å²) >= 11 is 3.50. The minimum Gasteiger partial charge on any atom is -0.461 e. The van der Waals surface area contributed by atoms with Gasteiger partial charge in [-0.05, 0) is 49.9 Å². The molecule has 0 radical (unpaired) electrons. The molecule has 39 heavy (non-hydrogen) atoms. The molecule has 0 saturated carbocycles. The molecular formula is C29H31BrN4O5. The number of nitrogens with zero attached hydrogens (tertiary/aromatic N) is 1. The number of hydrazine groups is 1. The van der Waals surface area contributed by atoms with E-state index >= 15 is 0 Å². The number of halogens is 1. The second-order valence-electron chi connectivity index (χ2n) is 8.59. The van der Waals surface area contributed by atoms with Crippen molar-refractivity contribution in [2.24, 2.45) is 5.73 Å². The van der Waals surface area contributed by atoms with Crippen LogP contribution in [-0.4, -0.2) is 40.3 Å². The summed E-state index contributed by atoms with van der Waals surface area (Å²) in [7, 11) is 0. The summed E-state index contributed by atoms with van der Waals surface area (Å²) in [6.45, 7) is 1.72. The Balaban J connectivity index is 1.88. The molecule has 0 atom stereocenters. The van der Waals surface area contributed by atoms with Crippen LogP contribution in [0.2, 0.25) is 0 Å². The fourth-order valence-corrected chi connectivity index (χ4v) is 4.28. The van der Waals surface area contributed by atoms with Gasteiger partial charge < -0.3 is 15.5 Å². The minimum absolute atomic E-state index is 0.0231. The van der Waals surface area contributed by atoms with Crippen molar-refractivity contribution < 1.29 is 23.9 Å². The third kappa shape index (κ3) is 8.68. The summed E-state index contributed by atoms with van der Waals surface area (Å²) in [5, 5.41) is 0.937. The Morgan fingerprint density at radius 3 is 2.41 bits per heavy atom. The molecule has 3 rings (SSSR count). The van der Waals surface area contributed by atoms with Crippen LogP contribution in [0.25, 0.3) is 11.3 Å². The maximum Gasteiger partial charge on any atom is 0.356 e. The quantitative estimate of drug-likeness (QED) is 0.121. The molecule has 3 amide bonds. The van der Waals surface area contributed by atoms with E-state index in [4.69, 9.17) is 10.5 Å². The van der Waals surface area contributed by atoms with E-state index in [9.17, 15) is 19.2 Å². The van der Waals surface area contributed by atoms with Crippen LogP contribution >= 0.6 is 15.9 Å². The van der Waals surface area contributed by atoms with E-state index in [0.717, 1.165) is 20.6 Å². The van der Waals surface area contributed by atoms with Crippen molar-refractivity contribution in [3.63, 3.8) is 0 Å². The predicted molar refractivity (Wildman–Crippen MR) is 151 cm³/mol. The predicted octanol–water partition coefficient (Wildman–Crippen LogP) is 4.65. The van der Waals surface area contributed by atoms with Crippen LogP contribution in [0, 0.1) is 0 Å². The van der Waals surface area contributed by atoms with E-state index in [-0.39, 0.29) is 37.3 Å². The number of nitrogens with two attached hydrogens (primary N) is 1. The highest BCUT2D eigenvalue weighted by Crippen LogP contribution is 2.27. The van der Waals surface area contributed by atoms with E-state index < -0.39 is 23.7 Å². The lowest BCUT2D eigenvalue weighted by Gasteiger charge is -2.25. The highest BCUT2D eigenvalue weighted by Gasteiger charge is 2.27. The van der Waals surface area contributed by atoms with Gasteiger partial charge >= 0.3 is 5.97 Å². The molecule has 0 fully saturated rings. The van der Waals surface area contributed by atoms with E-state index in [2.05, 4.69) is 26.3 Å². The Kier molecular flexibility index (Phi) is 11.1. The highest BCUT2D eigenvalue weighted by atomic mass is 79.9. The standard InChI is InChI=1S/C29H31BrN4O5/c1-2-39-29(38)25(14-8-9-15-26(31)35)34(27(36)19-16-20-10-4-3-5-11-20)33-28(37)24-18-17-23(32-24)21-12-6-7-13-22(21)30/h3-7,10-14,17-18,32H,2,8-9,15-16,19H2,1H3,(H2,31,35)(H,33,37)/b25-14-. The zero-order valence-corrected chi connectivity index (χ0v) is 23.2. The van der Waals surface area contributed by atoms with Gasteiger partial charge in [-0.2, -0.15) is 0 Å². The molecule has 3 aromatic rings. The first kappa shape index (κ1) is 29.4. The Bertz CT molecular complexity index is 1340. The number of ether oxygens (including phenoxy) is 1. The molecule has 10 heteroatoms. The molecule has 1 heterocycles. The van der Waals surface area contributed by atoms with Gasteiger partial charge in [-0.3, -0.25) is 19.8 Å². The third-order valence-electron chi connectivity index (χ3n) is 5.72. The molecule has 0 aliphatic carbocycles. The number of hydrogen-bond donors (Lipinski definition) is 3. The van der Waals surface area contributed by atoms with Crippen molar-refractivity contribution in [3.8, 4) is 11.3 Å². The maximum absolute atomic E-state index is 13.4. The van der Waals surface area contributed by atoms with Gasteiger partial charge in [-0.15, -0.1) is 0 Å². The first-order chi connectivity index (χ1) is 18.8. The number of carbonyl (C=O) groups is 4. The van der Waals surface area contributed by atoms with Crippen LogP contribution in [0.3, 0.4) is 0 Å². The van der Waals surface area contributed by atoms with E-state index in [1.54, 1.807) is 19.1 Å². The van der Waals surface area contributed by atoms with E-state index in [1.807, 2.05) is 54.6 Å². The smallest absolute Gasteiger partial charge is 0.356 e. The first-order valence-corrected chi connectivity index (χ1v) is 13.4. The number of aryl methyl sites for hydroxylation is 1. The van der Waals surface area contributed by atoms with Crippen LogP contribution in [0.1, 0.15) is 48.7 Å². The normalized spacial score (nSPS) is 11.1. The molecule has 0 saturated heterocycles. The molecule has 1 aromatic heterocycles. The topological polar surface area (TPSA) is 135 Å². The largest absolute Gasteiger partial charge is 0.461 e. The fourth-order valence-electron chi connectivity index (χ4n) is 3.78. The minimum atomic E-state index is -0.773. The number of primary amides is 1. The molecule has 204 valence electrons. The summed E-state index contributed by atoms with van der Waals surface area (Å²) in [6.07, 6.45) is 2.64. The molecular weight excluding hydrogens is 564 g/mol. The van der Waals surface area contributed by atoms with Crippen molar-refractivity contribution in [3.05, 3.63) is 94.2 Å². The Morgan fingerprint density at radius 1 is 1.00 bits per heavy atom. The number of benzene rings is 2. The fraction of sp³-hybridized carbons (Fsp3) is 0.241. The average molecular weight is 595 g/mol. The number of H-pyrrole nitrogens is 1. The van der Waals surface area contributed by atoms with Crippen LogP contribution in [0.4, 0.5) is 0 Å². The van der Waals surface area contributed by atoms with Crippen molar-refractivity contribution in [2.75, 3.05) is 6.61 Å². The van der Waals surface area contributed by atoms with Crippen LogP contribution in [0.15, 0.2) is 83.0 Å². The molecule has 2 aromatic carbocycles. The zero-order chi connectivity index (χ0) is 28.2. The molecule has 0 unspecified atom stereocenters. The zero-order valence-electron chi connectivity index (χ0n) is 21.6. The van der Waals surface area contributed by atoms with Gasteiger partial charge in [0.15, 0.2) is 0 Å². The van der Waals surface area contributed by atoms with Gasteiger partial charge in [0.1, 0.15) is 11.4 Å². The number of nitrogens with one attached hydrogen (secondary N) is 2. The molecule has 0 aliphatic rings. The summed E-state index contributed by atoms with van der Waals surface area (Å²) in [6, 6.07) is 20.3. The average Bonchev–Trinajstić information content (AvgIpc) is 3.42. The van der Waals surface area contributed by atoms with Crippen LogP contribution in [0.5, 0.6) is 0 Å². The number of hydrogen-bond acceptors (Lipinski definition) is 5. The van der Waals surface area contributed by atoms with Gasteiger partial charge in [0, 0.05) is 28.6 Å². The lowest BCUT2D eigenvalue weighted by Crippen LogP contribution is -2.47. The number of rotatable bonds is 12. The Morgan fingerprint density at radius 2 is 1.72 bits per heavy atom. The van der Waals surface area contributed by atoms with E-state index in [0.29, 0.717) is 18.5 Å². The second-order valence-corrected chi connectivity index (χ2v) is 9.44. The second kappa shape index (κ2) is 14.7. The van der Waals surface area contributed by atoms with E-state index in [1.165, 1.54) is 6.08 Å². The van der Waals surface area contributed by atoms with Crippen molar-refractivity contribution in [2.45, 2.75) is 39.0 Å². The summed E-state index contributed by atoms with van der Waals surface area (Å²) in [4.78, 5) is 53.8. The highest BCUT2D eigenvalue weighted by molar-refractivity contribution is 9.10. The lowest BCUT2D eigenvalue weighted by molar-refractivity contribution is -0.145. The van der Waals surface area contributed by atoms with Gasteiger partial charge in [0.05, 0.1) is 6.61 Å². The lowest BCUT2D eigenvalue weighted by atomic mass is 10.1. The molecule has 4 N–H and O–H groups in total. The Hall–Kier alpha value is -4.18. The number of allylic oxidation sites excluding steroid dienone is 1. The van der Waals surface area contributed by atoms with Gasteiger partial charge in [-0.25, -0.2) is 9.80 Å². The molecule has 0 bridgehead atoms. The first-order valence-electron chi connectivity index (χ1n) is 12.6. The number of unbranched alkanes of at least 4 members (excludes halogenated alkanes) is 1. The van der Waals surface area contributed by atoms with Gasteiger partial charge in [-0.1, -0.05) is 70.5 Å². The van der Waals surface area contributed by atoms with Gasteiger partial charge in [0.25, 0.3) is 5.91 Å². The number of amides is 3. The van der Waals surface area contributed by atoms with Crippen molar-refractivity contribution in [1.29, 1.82) is 0 Å². The summed E-state index contributed by atoms with van der Waals surface area (Å²) in [5.41, 5.74) is 10.3. The molecule has 9 nitrogen and oxygen atoms in total. The summed E-state index contributed by atoms with van der Waals surface area (Å²) in [5.74, 6) is -2.37. The monoisotopic (exact) mass is 594 g/mol. The summed E-state index contributed by atoms with van der Waals surface area (Å²) < 4.78 is 6.03. The third-order valence-corrected chi connectivity index (χ3v) is 6.41. The number of esters is 1. The van der Waals surface area contributed by atoms with Gasteiger partial charge in [0.2, 0.25) is 11.8 Å². The Labute approximate surface area is 235 Å². The number of aromatic nitrogens is 1. The number of aromatic amines is 1. The number of carbonyl (C=O) groups excluding carboxylic acids is 4. The van der Waals surface area contributed by atoms with Crippen molar-refractivity contribution in [1.82, 2.24) is 15.4 Å². The van der Waals surface area contributed by atoms with Crippen molar-refractivity contribution >= 4 is 39.6 Å². The molecule has 0 aliphatic heterocycles. The van der Waals surface area contributed by atoms with Crippen LogP contribution < -0.4 is 11.2 Å². The maximum atomic E-state index is 13.4. The van der Waals surface area contributed by atoms with Crippen LogP contribution in [-0.2, 0) is 25.5 Å². The SMILES string of the molecule is CCOC(=O)/C(=C/CCCC(N)=O)N(NC(=O)c1ccc(-c2ccccc2Br)[nH]1)C(=O)CCc1ccccc1.